The number of aromatic nitrogens is 2. The molecule has 0 atom stereocenters. The first kappa shape index (κ1) is 17.5. The molecule has 23 heavy (non-hydrogen) atoms. The third kappa shape index (κ3) is 3.73. The Labute approximate surface area is 127 Å². The molecule has 1 aliphatic rings. The van der Waals surface area contributed by atoms with Crippen molar-refractivity contribution in [1.82, 2.24) is 15.3 Å². The van der Waals surface area contributed by atoms with Gasteiger partial charge in [-0.2, -0.15) is 26.3 Å². The Hall–Kier alpha value is -1.87. The zero-order valence-corrected chi connectivity index (χ0v) is 11.8. The minimum atomic E-state index is -4.79. The van der Waals surface area contributed by atoms with Crippen LogP contribution in [-0.4, -0.2) is 27.6 Å². The van der Waals surface area contributed by atoms with Gasteiger partial charge in [0.25, 0.3) is 5.91 Å². The van der Waals surface area contributed by atoms with E-state index in [1.54, 1.807) is 0 Å². The molecule has 4 nitrogen and oxygen atoms in total. The lowest BCUT2D eigenvalue weighted by Crippen LogP contribution is -2.59. The molecule has 1 heterocycles. The van der Waals surface area contributed by atoms with Crippen LogP contribution >= 0.6 is 0 Å². The lowest BCUT2D eigenvalue weighted by atomic mass is 9.81. The van der Waals surface area contributed by atoms with Gasteiger partial charge in [-0.3, -0.25) is 4.79 Å². The van der Waals surface area contributed by atoms with Gasteiger partial charge in [0.15, 0.2) is 0 Å². The van der Waals surface area contributed by atoms with Crippen LogP contribution in [0, 0.1) is 0 Å². The van der Waals surface area contributed by atoms with Crippen molar-refractivity contribution in [1.29, 1.82) is 0 Å². The molecule has 0 aliphatic heterocycles. The standard InChI is InChI=1S/C13H13F6N3O/c14-12(15,16)10-20-6-8(7-21-10)9(23)22-11(13(17,18)19)4-2-1-3-5-11/h6-7H,1-5H2,(H,22,23). The zero-order chi connectivity index (χ0) is 17.3. The average molecular weight is 341 g/mol. The van der Waals surface area contributed by atoms with Gasteiger partial charge in [0, 0.05) is 12.4 Å². The summed E-state index contributed by atoms with van der Waals surface area (Å²) in [5.41, 5.74) is -2.81. The second-order valence-electron chi connectivity index (χ2n) is 5.39. The number of amides is 1. The molecule has 1 aromatic heterocycles. The maximum absolute atomic E-state index is 13.3. The van der Waals surface area contributed by atoms with Crippen LogP contribution in [0.1, 0.15) is 48.3 Å². The van der Waals surface area contributed by atoms with Crippen LogP contribution < -0.4 is 5.32 Å². The number of alkyl halides is 6. The number of hydrogen-bond acceptors (Lipinski definition) is 3. The molecule has 1 saturated carbocycles. The van der Waals surface area contributed by atoms with E-state index in [1.807, 2.05) is 5.32 Å². The highest BCUT2D eigenvalue weighted by Gasteiger charge is 2.55. The Morgan fingerprint density at radius 1 is 1.00 bits per heavy atom. The quantitative estimate of drug-likeness (QED) is 0.838. The summed E-state index contributed by atoms with van der Waals surface area (Å²) in [4.78, 5) is 17.9. The summed E-state index contributed by atoms with van der Waals surface area (Å²) in [5, 5.41) is 1.92. The molecule has 128 valence electrons. The summed E-state index contributed by atoms with van der Waals surface area (Å²) in [7, 11) is 0. The normalized spacial score (nSPS) is 18.5. The fourth-order valence-electron chi connectivity index (χ4n) is 2.52. The predicted molar refractivity (Wildman–Crippen MR) is 66.4 cm³/mol. The van der Waals surface area contributed by atoms with Crippen LogP contribution in [0.3, 0.4) is 0 Å². The molecular weight excluding hydrogens is 328 g/mol. The number of nitrogens with zero attached hydrogens (tertiary/aromatic N) is 2. The fraction of sp³-hybridized carbons (Fsp3) is 0.615. The number of carbonyl (C=O) groups is 1. The molecule has 2 rings (SSSR count). The van der Waals surface area contributed by atoms with Crippen LogP contribution in [0.4, 0.5) is 26.3 Å². The third-order valence-corrected chi connectivity index (χ3v) is 3.77. The van der Waals surface area contributed by atoms with E-state index in [4.69, 9.17) is 0 Å². The Kier molecular flexibility index (Phi) is 4.54. The Morgan fingerprint density at radius 3 is 1.96 bits per heavy atom. The van der Waals surface area contributed by atoms with Crippen molar-refractivity contribution < 1.29 is 31.1 Å². The first-order chi connectivity index (χ1) is 10.6. The molecule has 0 aromatic carbocycles. The zero-order valence-electron chi connectivity index (χ0n) is 11.8. The highest BCUT2D eigenvalue weighted by molar-refractivity contribution is 5.94. The van der Waals surface area contributed by atoms with E-state index >= 15 is 0 Å². The molecular formula is C13H13F6N3O. The molecule has 1 amide bonds. The third-order valence-electron chi connectivity index (χ3n) is 3.77. The predicted octanol–water partition coefficient (Wildman–Crippen LogP) is 3.49. The first-order valence-electron chi connectivity index (χ1n) is 6.84. The number of halogens is 6. The Bertz CT molecular complexity index is 561. The van der Waals surface area contributed by atoms with Crippen molar-refractivity contribution in [2.45, 2.75) is 50.0 Å². The van der Waals surface area contributed by atoms with Crippen LogP contribution in [0.25, 0.3) is 0 Å². The SMILES string of the molecule is O=C(NC1(C(F)(F)F)CCCCC1)c1cnc(C(F)(F)F)nc1. The van der Waals surface area contributed by atoms with Gasteiger partial charge in [-0.05, 0) is 12.8 Å². The van der Waals surface area contributed by atoms with E-state index < -0.39 is 35.2 Å². The lowest BCUT2D eigenvalue weighted by Gasteiger charge is -2.39. The molecule has 0 spiro atoms. The summed E-state index contributed by atoms with van der Waals surface area (Å²) in [6, 6.07) is 0. The van der Waals surface area contributed by atoms with E-state index in [9.17, 15) is 31.1 Å². The second-order valence-corrected chi connectivity index (χ2v) is 5.39. The number of rotatable bonds is 2. The van der Waals surface area contributed by atoms with Crippen LogP contribution in [0.2, 0.25) is 0 Å². The van der Waals surface area contributed by atoms with Crippen molar-refractivity contribution in [2.24, 2.45) is 0 Å². The molecule has 1 N–H and O–H groups in total. The molecule has 1 fully saturated rings. The van der Waals surface area contributed by atoms with Gasteiger partial charge in [0.05, 0.1) is 5.56 Å². The van der Waals surface area contributed by atoms with Crippen molar-refractivity contribution in [3.8, 4) is 0 Å². The van der Waals surface area contributed by atoms with Crippen molar-refractivity contribution in [3.63, 3.8) is 0 Å². The minimum Gasteiger partial charge on any atom is -0.338 e. The minimum absolute atomic E-state index is 0.260. The summed E-state index contributed by atoms with van der Waals surface area (Å²) in [5.74, 6) is -2.60. The molecule has 0 saturated heterocycles. The summed E-state index contributed by atoms with van der Waals surface area (Å²) in [6.07, 6.45) is -7.56. The molecule has 1 aliphatic carbocycles. The van der Waals surface area contributed by atoms with Gasteiger partial charge in [-0.25, -0.2) is 9.97 Å². The topological polar surface area (TPSA) is 54.9 Å². The van der Waals surface area contributed by atoms with Gasteiger partial charge >= 0.3 is 12.4 Å². The van der Waals surface area contributed by atoms with Crippen LogP contribution in [-0.2, 0) is 6.18 Å². The summed E-state index contributed by atoms with van der Waals surface area (Å²) in [6.45, 7) is 0. The van der Waals surface area contributed by atoms with Crippen LogP contribution in [0.5, 0.6) is 0 Å². The Morgan fingerprint density at radius 2 is 1.52 bits per heavy atom. The lowest BCUT2D eigenvalue weighted by molar-refractivity contribution is -0.201. The average Bonchev–Trinajstić information content (AvgIpc) is 2.46. The van der Waals surface area contributed by atoms with Gasteiger partial charge in [-0.1, -0.05) is 19.3 Å². The molecule has 0 radical (unpaired) electrons. The highest BCUT2D eigenvalue weighted by atomic mass is 19.4. The number of carbonyl (C=O) groups excluding carboxylic acids is 1. The summed E-state index contributed by atoms with van der Waals surface area (Å²) >= 11 is 0. The van der Waals surface area contributed by atoms with Gasteiger partial charge < -0.3 is 5.32 Å². The van der Waals surface area contributed by atoms with E-state index in [0.29, 0.717) is 31.7 Å². The highest BCUT2D eigenvalue weighted by Crippen LogP contribution is 2.41. The maximum atomic E-state index is 13.3. The number of nitrogens with one attached hydrogen (secondary N) is 1. The molecule has 1 aromatic rings. The van der Waals surface area contributed by atoms with E-state index in [2.05, 4.69) is 9.97 Å². The van der Waals surface area contributed by atoms with E-state index in [0.717, 1.165) is 0 Å². The van der Waals surface area contributed by atoms with Crippen molar-refractivity contribution in [3.05, 3.63) is 23.8 Å². The largest absolute Gasteiger partial charge is 0.451 e. The first-order valence-corrected chi connectivity index (χ1v) is 6.84. The molecule has 10 heteroatoms. The van der Waals surface area contributed by atoms with Crippen molar-refractivity contribution >= 4 is 5.91 Å². The smallest absolute Gasteiger partial charge is 0.338 e. The number of hydrogen-bond donors (Lipinski definition) is 1. The van der Waals surface area contributed by atoms with Crippen molar-refractivity contribution in [2.75, 3.05) is 0 Å². The van der Waals surface area contributed by atoms with Gasteiger partial charge in [0.2, 0.25) is 5.82 Å². The monoisotopic (exact) mass is 341 g/mol. The maximum Gasteiger partial charge on any atom is 0.451 e. The summed E-state index contributed by atoms with van der Waals surface area (Å²) < 4.78 is 76.9. The fourth-order valence-corrected chi connectivity index (χ4v) is 2.52. The molecule has 0 bridgehead atoms. The molecule has 0 unspecified atom stereocenters. The van der Waals surface area contributed by atoms with Crippen LogP contribution in [0.15, 0.2) is 12.4 Å². The van der Waals surface area contributed by atoms with Gasteiger partial charge in [-0.15, -0.1) is 0 Å². The van der Waals surface area contributed by atoms with E-state index in [-0.39, 0.29) is 12.8 Å². The van der Waals surface area contributed by atoms with Gasteiger partial charge in [0.1, 0.15) is 5.54 Å². The van der Waals surface area contributed by atoms with E-state index in [1.165, 1.54) is 0 Å². The second kappa shape index (κ2) is 5.97. The Balaban J connectivity index is 2.19.